The standard InChI is InChI=1S/C15H16O4S/c1-18-14-9-8-12(10-15(14)19-2)11-20(16,17)13-6-4-3-5-7-13/h3-10H,11H2,1-2H3. The van der Waals surface area contributed by atoms with Crippen LogP contribution in [0.1, 0.15) is 5.56 Å². The summed E-state index contributed by atoms with van der Waals surface area (Å²) < 4.78 is 34.9. The van der Waals surface area contributed by atoms with Gasteiger partial charge in [-0.25, -0.2) is 8.42 Å². The summed E-state index contributed by atoms with van der Waals surface area (Å²) in [6, 6.07) is 13.5. The van der Waals surface area contributed by atoms with Crippen LogP contribution in [0.3, 0.4) is 0 Å². The summed E-state index contributed by atoms with van der Waals surface area (Å²) in [5.74, 6) is 1.03. The Hall–Kier alpha value is -2.01. The van der Waals surface area contributed by atoms with Gasteiger partial charge in [-0.2, -0.15) is 0 Å². The van der Waals surface area contributed by atoms with Crippen LogP contribution in [0.15, 0.2) is 53.4 Å². The van der Waals surface area contributed by atoms with E-state index >= 15 is 0 Å². The van der Waals surface area contributed by atoms with Gasteiger partial charge in [0.15, 0.2) is 21.3 Å². The second kappa shape index (κ2) is 5.96. The third-order valence-electron chi connectivity index (χ3n) is 2.91. The van der Waals surface area contributed by atoms with Gasteiger partial charge in [0.2, 0.25) is 0 Å². The molecular weight excluding hydrogens is 276 g/mol. The molecule has 0 unspecified atom stereocenters. The molecule has 0 amide bonds. The van der Waals surface area contributed by atoms with Gasteiger partial charge in [0.1, 0.15) is 0 Å². The molecule has 0 saturated carbocycles. The van der Waals surface area contributed by atoms with E-state index in [0.717, 1.165) is 0 Å². The number of hydrogen-bond acceptors (Lipinski definition) is 4. The summed E-state index contributed by atoms with van der Waals surface area (Å²) in [7, 11) is -0.293. The Bertz CT molecular complexity index is 678. The zero-order valence-corrected chi connectivity index (χ0v) is 12.2. The van der Waals surface area contributed by atoms with Crippen LogP contribution in [0.25, 0.3) is 0 Å². The molecule has 0 aliphatic rings. The van der Waals surface area contributed by atoms with Crippen LogP contribution in [-0.2, 0) is 15.6 Å². The third-order valence-corrected chi connectivity index (χ3v) is 4.61. The van der Waals surface area contributed by atoms with Gasteiger partial charge in [-0.15, -0.1) is 0 Å². The molecule has 5 heteroatoms. The fourth-order valence-electron chi connectivity index (χ4n) is 1.90. The number of rotatable bonds is 5. The van der Waals surface area contributed by atoms with E-state index in [1.807, 2.05) is 0 Å². The van der Waals surface area contributed by atoms with E-state index in [-0.39, 0.29) is 5.75 Å². The fourth-order valence-corrected chi connectivity index (χ4v) is 3.26. The van der Waals surface area contributed by atoms with E-state index in [1.165, 1.54) is 14.2 Å². The fraction of sp³-hybridized carbons (Fsp3) is 0.200. The van der Waals surface area contributed by atoms with Gasteiger partial charge in [0.05, 0.1) is 24.9 Å². The molecule has 0 atom stereocenters. The third kappa shape index (κ3) is 3.11. The van der Waals surface area contributed by atoms with Gasteiger partial charge in [0, 0.05) is 0 Å². The maximum absolute atomic E-state index is 12.3. The number of benzene rings is 2. The molecule has 2 rings (SSSR count). The molecule has 0 heterocycles. The molecule has 4 nitrogen and oxygen atoms in total. The van der Waals surface area contributed by atoms with Gasteiger partial charge in [-0.05, 0) is 29.8 Å². The SMILES string of the molecule is COc1ccc(CS(=O)(=O)c2ccccc2)cc1OC. The molecule has 0 aliphatic carbocycles. The lowest BCUT2D eigenvalue weighted by molar-refractivity contribution is 0.354. The monoisotopic (exact) mass is 292 g/mol. The molecule has 20 heavy (non-hydrogen) atoms. The van der Waals surface area contributed by atoms with Gasteiger partial charge >= 0.3 is 0 Å². The minimum atomic E-state index is -3.35. The van der Waals surface area contributed by atoms with Crippen LogP contribution in [0.2, 0.25) is 0 Å². The van der Waals surface area contributed by atoms with Gasteiger partial charge in [0.25, 0.3) is 0 Å². The van der Waals surface area contributed by atoms with Gasteiger partial charge < -0.3 is 9.47 Å². The van der Waals surface area contributed by atoms with E-state index in [4.69, 9.17) is 9.47 Å². The second-order valence-corrected chi connectivity index (χ2v) is 6.25. The maximum Gasteiger partial charge on any atom is 0.182 e. The Labute approximate surface area is 118 Å². The largest absolute Gasteiger partial charge is 0.493 e. The van der Waals surface area contributed by atoms with E-state index in [1.54, 1.807) is 48.5 Å². The van der Waals surface area contributed by atoms with Crippen molar-refractivity contribution in [1.82, 2.24) is 0 Å². The summed E-state index contributed by atoms with van der Waals surface area (Å²) >= 11 is 0. The maximum atomic E-state index is 12.3. The number of hydrogen-bond donors (Lipinski definition) is 0. The normalized spacial score (nSPS) is 11.1. The summed E-state index contributed by atoms with van der Waals surface area (Å²) in [5.41, 5.74) is 0.659. The molecule has 0 N–H and O–H groups in total. The van der Waals surface area contributed by atoms with Crippen molar-refractivity contribution in [3.8, 4) is 11.5 Å². The molecule has 0 bridgehead atoms. The highest BCUT2D eigenvalue weighted by atomic mass is 32.2. The average Bonchev–Trinajstić information content (AvgIpc) is 2.47. The number of ether oxygens (including phenoxy) is 2. The smallest absolute Gasteiger partial charge is 0.182 e. The van der Waals surface area contributed by atoms with Gasteiger partial charge in [-0.3, -0.25) is 0 Å². The van der Waals surface area contributed by atoms with Crippen molar-refractivity contribution < 1.29 is 17.9 Å². The molecule has 2 aromatic rings. The molecule has 0 saturated heterocycles. The first-order chi connectivity index (χ1) is 9.56. The van der Waals surface area contributed by atoms with E-state index in [9.17, 15) is 8.42 Å². The number of sulfone groups is 1. The minimum absolute atomic E-state index is 0.0721. The van der Waals surface area contributed by atoms with Gasteiger partial charge in [-0.1, -0.05) is 24.3 Å². The minimum Gasteiger partial charge on any atom is -0.493 e. The van der Waals surface area contributed by atoms with Crippen molar-refractivity contribution >= 4 is 9.84 Å². The quantitative estimate of drug-likeness (QED) is 0.850. The van der Waals surface area contributed by atoms with Crippen molar-refractivity contribution in [2.75, 3.05) is 14.2 Å². The average molecular weight is 292 g/mol. The number of methoxy groups -OCH3 is 2. The van der Waals surface area contributed by atoms with E-state index < -0.39 is 9.84 Å². The van der Waals surface area contributed by atoms with Crippen LogP contribution in [0.4, 0.5) is 0 Å². The Balaban J connectivity index is 2.30. The summed E-state index contributed by atoms with van der Waals surface area (Å²) in [6.07, 6.45) is 0. The topological polar surface area (TPSA) is 52.6 Å². The van der Waals surface area contributed by atoms with Crippen molar-refractivity contribution in [2.45, 2.75) is 10.6 Å². The zero-order chi connectivity index (χ0) is 14.6. The van der Waals surface area contributed by atoms with Crippen molar-refractivity contribution in [3.63, 3.8) is 0 Å². The van der Waals surface area contributed by atoms with Crippen LogP contribution in [0, 0.1) is 0 Å². The van der Waals surface area contributed by atoms with Crippen molar-refractivity contribution in [1.29, 1.82) is 0 Å². The predicted molar refractivity (Wildman–Crippen MR) is 76.9 cm³/mol. The Morgan fingerprint density at radius 3 is 2.15 bits per heavy atom. The summed E-state index contributed by atoms with van der Waals surface area (Å²) in [4.78, 5) is 0.315. The van der Waals surface area contributed by atoms with Crippen molar-refractivity contribution in [3.05, 3.63) is 54.1 Å². The zero-order valence-electron chi connectivity index (χ0n) is 11.4. The molecule has 0 spiro atoms. The van der Waals surface area contributed by atoms with Crippen LogP contribution >= 0.6 is 0 Å². The molecule has 106 valence electrons. The Morgan fingerprint density at radius 2 is 1.55 bits per heavy atom. The highest BCUT2D eigenvalue weighted by molar-refractivity contribution is 7.90. The molecule has 0 aliphatic heterocycles. The van der Waals surface area contributed by atoms with Crippen LogP contribution in [0.5, 0.6) is 11.5 Å². The van der Waals surface area contributed by atoms with Crippen LogP contribution < -0.4 is 9.47 Å². The Kier molecular flexibility index (Phi) is 4.29. The van der Waals surface area contributed by atoms with Crippen LogP contribution in [-0.4, -0.2) is 22.6 Å². The summed E-state index contributed by atoms with van der Waals surface area (Å²) in [5, 5.41) is 0. The lowest BCUT2D eigenvalue weighted by atomic mass is 10.2. The molecule has 0 aromatic heterocycles. The molecule has 0 radical (unpaired) electrons. The highest BCUT2D eigenvalue weighted by Crippen LogP contribution is 2.29. The first kappa shape index (κ1) is 14.4. The Morgan fingerprint density at radius 1 is 0.900 bits per heavy atom. The lowest BCUT2D eigenvalue weighted by Gasteiger charge is -2.10. The summed E-state index contributed by atoms with van der Waals surface area (Å²) in [6.45, 7) is 0. The highest BCUT2D eigenvalue weighted by Gasteiger charge is 2.16. The molecular formula is C15H16O4S. The predicted octanol–water partition coefficient (Wildman–Crippen LogP) is 2.68. The van der Waals surface area contributed by atoms with E-state index in [2.05, 4.69) is 0 Å². The van der Waals surface area contributed by atoms with Crippen molar-refractivity contribution in [2.24, 2.45) is 0 Å². The lowest BCUT2D eigenvalue weighted by Crippen LogP contribution is -2.05. The second-order valence-electron chi connectivity index (χ2n) is 4.26. The molecule has 0 fully saturated rings. The first-order valence-electron chi connectivity index (χ1n) is 6.05. The first-order valence-corrected chi connectivity index (χ1v) is 7.71. The van der Waals surface area contributed by atoms with E-state index in [0.29, 0.717) is 22.0 Å². The molecule has 2 aromatic carbocycles.